The van der Waals surface area contributed by atoms with Crippen LogP contribution in [0.1, 0.15) is 0 Å². The first kappa shape index (κ1) is 8.47. The summed E-state index contributed by atoms with van der Waals surface area (Å²) < 4.78 is 3.63. The average Bonchev–Trinajstić information content (AvgIpc) is 2.58. The molecule has 0 aliphatic rings. The van der Waals surface area contributed by atoms with Crippen LogP contribution in [0.3, 0.4) is 0 Å². The van der Waals surface area contributed by atoms with E-state index in [0.717, 1.165) is 14.3 Å². The summed E-state index contributed by atoms with van der Waals surface area (Å²) in [5.74, 6) is 0. The van der Waals surface area contributed by atoms with Gasteiger partial charge in [-0.3, -0.25) is 4.57 Å². The van der Waals surface area contributed by atoms with Crippen molar-refractivity contribution < 1.29 is 0 Å². The Morgan fingerprint density at radius 2 is 2.25 bits per heavy atom. The van der Waals surface area contributed by atoms with Gasteiger partial charge in [0, 0.05) is 6.20 Å². The third kappa shape index (κ3) is 1.48. The van der Waals surface area contributed by atoms with Crippen LogP contribution in [0, 0.1) is 0 Å². The summed E-state index contributed by atoms with van der Waals surface area (Å²) in [4.78, 5) is 4.17. The molecule has 2 aromatic rings. The van der Waals surface area contributed by atoms with Gasteiger partial charge in [0.2, 0.25) is 0 Å². The minimum atomic E-state index is 0.817. The predicted octanol–water partition coefficient (Wildman–Crippen LogP) is 3.46. The fraction of sp³-hybridized carbons (Fsp3) is 0. The van der Waals surface area contributed by atoms with Crippen LogP contribution >= 0.6 is 43.2 Å². The lowest BCUT2D eigenvalue weighted by Gasteiger charge is -1.96. The van der Waals surface area contributed by atoms with E-state index in [2.05, 4.69) is 36.8 Å². The lowest BCUT2D eigenvalue weighted by molar-refractivity contribution is 1.04. The maximum atomic E-state index is 4.17. The Morgan fingerprint density at radius 3 is 2.75 bits per heavy atom. The van der Waals surface area contributed by atoms with Crippen molar-refractivity contribution in [2.75, 3.05) is 0 Å². The van der Waals surface area contributed by atoms with Gasteiger partial charge >= 0.3 is 0 Å². The fourth-order valence-corrected chi connectivity index (χ4v) is 2.81. The first-order valence-corrected chi connectivity index (χ1v) is 5.68. The first-order valence-electron chi connectivity index (χ1n) is 3.21. The number of thiophene rings is 1. The van der Waals surface area contributed by atoms with Crippen molar-refractivity contribution in [3.05, 3.63) is 33.0 Å². The molecule has 62 valence electrons. The SMILES string of the molecule is Brc1cn(-c2cccs2)c(Br)n1. The minimum Gasteiger partial charge on any atom is -0.284 e. The average molecular weight is 308 g/mol. The largest absolute Gasteiger partial charge is 0.284 e. The normalized spacial score (nSPS) is 10.5. The molecule has 0 N–H and O–H groups in total. The molecule has 0 saturated carbocycles. The molecule has 0 fully saturated rings. The van der Waals surface area contributed by atoms with Gasteiger partial charge in [-0.05, 0) is 49.4 Å². The Balaban J connectivity index is 2.54. The van der Waals surface area contributed by atoms with Crippen LogP contribution in [0.4, 0.5) is 0 Å². The zero-order valence-electron chi connectivity index (χ0n) is 5.87. The zero-order chi connectivity index (χ0) is 8.55. The summed E-state index contributed by atoms with van der Waals surface area (Å²) in [7, 11) is 0. The van der Waals surface area contributed by atoms with E-state index in [1.807, 2.05) is 28.3 Å². The molecule has 2 heterocycles. The smallest absolute Gasteiger partial charge is 0.183 e. The summed E-state index contributed by atoms with van der Waals surface area (Å²) in [5, 5.41) is 3.19. The minimum absolute atomic E-state index is 0.817. The Hall–Kier alpha value is -0.130. The second kappa shape index (κ2) is 3.32. The maximum Gasteiger partial charge on any atom is 0.183 e. The number of rotatable bonds is 1. The van der Waals surface area contributed by atoms with E-state index in [0.29, 0.717) is 0 Å². The van der Waals surface area contributed by atoms with Crippen molar-refractivity contribution in [1.82, 2.24) is 9.55 Å². The van der Waals surface area contributed by atoms with E-state index in [4.69, 9.17) is 0 Å². The summed E-state index contributed by atoms with van der Waals surface area (Å²) in [6, 6.07) is 4.06. The molecule has 0 amide bonds. The quantitative estimate of drug-likeness (QED) is 0.789. The molecule has 0 aliphatic carbocycles. The Bertz CT molecular complexity index is 380. The highest BCUT2D eigenvalue weighted by atomic mass is 79.9. The molecule has 0 spiro atoms. The van der Waals surface area contributed by atoms with Crippen molar-refractivity contribution in [3.63, 3.8) is 0 Å². The summed E-state index contributed by atoms with van der Waals surface area (Å²) >= 11 is 8.35. The van der Waals surface area contributed by atoms with Gasteiger partial charge in [-0.15, -0.1) is 11.3 Å². The number of aromatic nitrogens is 2. The number of hydrogen-bond acceptors (Lipinski definition) is 2. The molecule has 5 heteroatoms. The van der Waals surface area contributed by atoms with Crippen LogP contribution in [0.15, 0.2) is 33.0 Å². The molecule has 0 atom stereocenters. The topological polar surface area (TPSA) is 17.8 Å². The molecule has 2 rings (SSSR count). The fourth-order valence-electron chi connectivity index (χ4n) is 0.892. The van der Waals surface area contributed by atoms with Crippen molar-refractivity contribution in [2.45, 2.75) is 0 Å². The molecule has 0 saturated heterocycles. The number of imidazole rings is 1. The highest BCUT2D eigenvalue weighted by Crippen LogP contribution is 2.23. The van der Waals surface area contributed by atoms with Crippen LogP contribution in [0.5, 0.6) is 0 Å². The molecule has 12 heavy (non-hydrogen) atoms. The number of hydrogen-bond donors (Lipinski definition) is 0. The zero-order valence-corrected chi connectivity index (χ0v) is 9.86. The molecular formula is C7H4Br2N2S. The van der Waals surface area contributed by atoms with Gasteiger partial charge in [0.05, 0.1) is 0 Å². The van der Waals surface area contributed by atoms with Gasteiger partial charge in [0.1, 0.15) is 9.60 Å². The molecule has 0 bridgehead atoms. The van der Waals surface area contributed by atoms with Crippen LogP contribution in [-0.2, 0) is 0 Å². The van der Waals surface area contributed by atoms with E-state index in [-0.39, 0.29) is 0 Å². The van der Waals surface area contributed by atoms with Gasteiger partial charge in [-0.1, -0.05) is 0 Å². The standard InChI is InChI=1S/C7H4Br2N2S/c8-5-4-11(7(9)10-5)6-2-1-3-12-6/h1-4H. The van der Waals surface area contributed by atoms with Crippen LogP contribution < -0.4 is 0 Å². The van der Waals surface area contributed by atoms with Crippen LogP contribution in [0.25, 0.3) is 5.00 Å². The van der Waals surface area contributed by atoms with Gasteiger partial charge in [-0.25, -0.2) is 4.98 Å². The number of nitrogens with zero attached hydrogens (tertiary/aromatic N) is 2. The van der Waals surface area contributed by atoms with Crippen molar-refractivity contribution in [1.29, 1.82) is 0 Å². The van der Waals surface area contributed by atoms with E-state index in [1.54, 1.807) is 11.3 Å². The second-order valence-electron chi connectivity index (χ2n) is 2.15. The third-order valence-corrected chi connectivity index (χ3v) is 3.19. The highest BCUT2D eigenvalue weighted by Gasteiger charge is 2.04. The van der Waals surface area contributed by atoms with Crippen molar-refractivity contribution in [3.8, 4) is 5.00 Å². The molecule has 0 unspecified atom stereocenters. The number of halogens is 2. The van der Waals surface area contributed by atoms with E-state index < -0.39 is 0 Å². The van der Waals surface area contributed by atoms with E-state index in [1.165, 1.54) is 0 Å². The summed E-state index contributed by atoms with van der Waals surface area (Å²) in [6.07, 6.45) is 1.93. The molecular weight excluding hydrogens is 304 g/mol. The summed E-state index contributed by atoms with van der Waals surface area (Å²) in [6.45, 7) is 0. The van der Waals surface area contributed by atoms with E-state index in [9.17, 15) is 0 Å². The van der Waals surface area contributed by atoms with Crippen molar-refractivity contribution in [2.24, 2.45) is 0 Å². The van der Waals surface area contributed by atoms with Crippen LogP contribution in [-0.4, -0.2) is 9.55 Å². The predicted molar refractivity (Wildman–Crippen MR) is 56.8 cm³/mol. The second-order valence-corrected chi connectivity index (χ2v) is 4.60. The van der Waals surface area contributed by atoms with Gasteiger partial charge in [-0.2, -0.15) is 0 Å². The highest BCUT2D eigenvalue weighted by molar-refractivity contribution is 9.11. The van der Waals surface area contributed by atoms with E-state index >= 15 is 0 Å². The molecule has 0 aliphatic heterocycles. The molecule has 2 nitrogen and oxygen atoms in total. The van der Waals surface area contributed by atoms with Crippen LogP contribution in [0.2, 0.25) is 0 Å². The third-order valence-electron chi connectivity index (χ3n) is 1.38. The molecule has 0 radical (unpaired) electrons. The lowest BCUT2D eigenvalue weighted by Crippen LogP contribution is -1.86. The summed E-state index contributed by atoms with van der Waals surface area (Å²) in [5.41, 5.74) is 0. The Labute approximate surface area is 90.5 Å². The monoisotopic (exact) mass is 306 g/mol. The van der Waals surface area contributed by atoms with Gasteiger partial charge in [0.15, 0.2) is 4.73 Å². The first-order chi connectivity index (χ1) is 5.77. The Morgan fingerprint density at radius 1 is 1.42 bits per heavy atom. The van der Waals surface area contributed by atoms with Gasteiger partial charge < -0.3 is 0 Å². The maximum absolute atomic E-state index is 4.17. The van der Waals surface area contributed by atoms with Crippen molar-refractivity contribution >= 4 is 43.2 Å². The molecule has 2 aromatic heterocycles. The Kier molecular flexibility index (Phi) is 2.34. The van der Waals surface area contributed by atoms with Gasteiger partial charge in [0.25, 0.3) is 0 Å². The lowest BCUT2D eigenvalue weighted by atomic mass is 10.6. The molecule has 0 aromatic carbocycles.